The molecule has 7 nitrogen and oxygen atoms in total. The highest BCUT2D eigenvalue weighted by molar-refractivity contribution is 5.94. The second-order valence-electron chi connectivity index (χ2n) is 5.33. The Morgan fingerprint density at radius 3 is 2.48 bits per heavy atom. The van der Waals surface area contributed by atoms with Gasteiger partial charge in [0.05, 0.1) is 5.69 Å². The van der Waals surface area contributed by atoms with E-state index in [0.29, 0.717) is 11.4 Å². The van der Waals surface area contributed by atoms with Crippen LogP contribution in [0.1, 0.15) is 27.3 Å². The predicted molar refractivity (Wildman–Crippen MR) is 85.0 cm³/mol. The van der Waals surface area contributed by atoms with E-state index in [2.05, 4.69) is 16.0 Å². The molecule has 122 valence electrons. The fourth-order valence-electron chi connectivity index (χ4n) is 2.00. The Kier molecular flexibility index (Phi) is 5.00. The summed E-state index contributed by atoms with van der Waals surface area (Å²) in [7, 11) is 1.66. The third-order valence-electron chi connectivity index (χ3n) is 3.40. The van der Waals surface area contributed by atoms with Crippen molar-refractivity contribution in [2.75, 3.05) is 6.61 Å². The van der Waals surface area contributed by atoms with E-state index in [4.69, 9.17) is 4.74 Å². The van der Waals surface area contributed by atoms with Gasteiger partial charge in [-0.3, -0.25) is 25.1 Å². The lowest BCUT2D eigenvalue weighted by Crippen LogP contribution is -2.44. The van der Waals surface area contributed by atoms with E-state index in [-0.39, 0.29) is 6.61 Å². The number of hydrogen-bond donors (Lipinski definition) is 2. The van der Waals surface area contributed by atoms with E-state index < -0.39 is 11.8 Å². The van der Waals surface area contributed by atoms with Gasteiger partial charge < -0.3 is 4.74 Å². The molecule has 0 aliphatic heterocycles. The maximum atomic E-state index is 11.9. The fourth-order valence-corrected chi connectivity index (χ4v) is 2.00. The first-order valence-corrected chi connectivity index (χ1v) is 7.16. The zero-order valence-electron chi connectivity index (χ0n) is 13.6. The summed E-state index contributed by atoms with van der Waals surface area (Å²) in [5.41, 5.74) is 7.96. The van der Waals surface area contributed by atoms with Gasteiger partial charge in [-0.05, 0) is 50.1 Å². The zero-order chi connectivity index (χ0) is 17.0. The highest BCUT2D eigenvalue weighted by atomic mass is 16.5. The van der Waals surface area contributed by atoms with Crippen LogP contribution in [0.15, 0.2) is 24.3 Å². The Morgan fingerprint density at radius 2 is 1.87 bits per heavy atom. The lowest BCUT2D eigenvalue weighted by atomic mass is 10.1. The van der Waals surface area contributed by atoms with E-state index in [9.17, 15) is 9.59 Å². The quantitative estimate of drug-likeness (QED) is 0.830. The van der Waals surface area contributed by atoms with Gasteiger partial charge in [0, 0.05) is 7.05 Å². The molecule has 0 atom stereocenters. The largest absolute Gasteiger partial charge is 0.484 e. The van der Waals surface area contributed by atoms with Crippen LogP contribution in [-0.4, -0.2) is 28.2 Å². The van der Waals surface area contributed by atoms with E-state index in [0.717, 1.165) is 16.8 Å². The molecular formula is C16H20N4O3. The van der Waals surface area contributed by atoms with E-state index in [1.54, 1.807) is 26.1 Å². The summed E-state index contributed by atoms with van der Waals surface area (Å²) in [6, 6.07) is 7.22. The molecule has 7 heteroatoms. The van der Waals surface area contributed by atoms with Crippen molar-refractivity contribution in [1.29, 1.82) is 0 Å². The molecule has 1 aromatic carbocycles. The van der Waals surface area contributed by atoms with Gasteiger partial charge in [-0.15, -0.1) is 0 Å². The lowest BCUT2D eigenvalue weighted by Gasteiger charge is -2.10. The van der Waals surface area contributed by atoms with Crippen molar-refractivity contribution in [1.82, 2.24) is 20.6 Å². The molecule has 2 rings (SSSR count). The number of carbonyl (C=O) groups excluding carboxylic acids is 2. The predicted octanol–water partition coefficient (Wildman–Crippen LogP) is 1.19. The first kappa shape index (κ1) is 16.5. The average Bonchev–Trinajstić information content (AvgIpc) is 2.84. The first-order valence-electron chi connectivity index (χ1n) is 7.16. The number of amides is 2. The Morgan fingerprint density at radius 1 is 1.13 bits per heavy atom. The van der Waals surface area contributed by atoms with E-state index in [1.807, 2.05) is 26.0 Å². The van der Waals surface area contributed by atoms with Gasteiger partial charge in [0.15, 0.2) is 6.61 Å². The van der Waals surface area contributed by atoms with Gasteiger partial charge in [0.25, 0.3) is 11.8 Å². The summed E-state index contributed by atoms with van der Waals surface area (Å²) in [6.45, 7) is 5.57. The minimum Gasteiger partial charge on any atom is -0.484 e. The minimum absolute atomic E-state index is 0.187. The summed E-state index contributed by atoms with van der Waals surface area (Å²) in [4.78, 5) is 23.6. The van der Waals surface area contributed by atoms with Crippen molar-refractivity contribution in [3.8, 4) is 5.75 Å². The second kappa shape index (κ2) is 6.95. The van der Waals surface area contributed by atoms with Crippen LogP contribution in [0.25, 0.3) is 0 Å². The van der Waals surface area contributed by atoms with Crippen LogP contribution >= 0.6 is 0 Å². The third kappa shape index (κ3) is 4.32. The standard InChI is InChI=1S/C16H20N4O3/c1-10-5-6-13(7-11(10)2)23-9-15(21)17-18-16(22)14-8-12(3)19-20(14)4/h5-8H,9H2,1-4H3,(H,17,21)(H,18,22). The van der Waals surface area contributed by atoms with E-state index in [1.165, 1.54) is 4.68 Å². The molecule has 0 unspecified atom stereocenters. The van der Waals surface area contributed by atoms with Crippen LogP contribution in [0.5, 0.6) is 5.75 Å². The topological polar surface area (TPSA) is 85.3 Å². The normalized spacial score (nSPS) is 10.3. The Bertz CT molecular complexity index is 737. The maximum Gasteiger partial charge on any atom is 0.287 e. The number of benzene rings is 1. The van der Waals surface area contributed by atoms with Crippen molar-refractivity contribution < 1.29 is 14.3 Å². The molecule has 0 fully saturated rings. The fraction of sp³-hybridized carbons (Fsp3) is 0.312. The van der Waals surface area contributed by atoms with Crippen LogP contribution in [-0.2, 0) is 11.8 Å². The zero-order valence-corrected chi connectivity index (χ0v) is 13.6. The van der Waals surface area contributed by atoms with Gasteiger partial charge in [-0.2, -0.15) is 5.10 Å². The molecule has 0 spiro atoms. The molecule has 2 N–H and O–H groups in total. The highest BCUT2D eigenvalue weighted by Gasteiger charge is 2.12. The van der Waals surface area contributed by atoms with Gasteiger partial charge in [-0.1, -0.05) is 6.07 Å². The molecule has 0 aliphatic carbocycles. The number of hydrazine groups is 1. The van der Waals surface area contributed by atoms with Gasteiger partial charge in [0.2, 0.25) is 0 Å². The molecule has 23 heavy (non-hydrogen) atoms. The number of aryl methyl sites for hydroxylation is 4. The minimum atomic E-state index is -0.449. The first-order chi connectivity index (χ1) is 10.9. The third-order valence-corrected chi connectivity index (χ3v) is 3.40. The summed E-state index contributed by atoms with van der Waals surface area (Å²) >= 11 is 0. The summed E-state index contributed by atoms with van der Waals surface area (Å²) in [5.74, 6) is -0.278. The van der Waals surface area contributed by atoms with Crippen LogP contribution in [0.4, 0.5) is 0 Å². The molecular weight excluding hydrogens is 296 g/mol. The lowest BCUT2D eigenvalue weighted by molar-refractivity contribution is -0.123. The van der Waals surface area contributed by atoms with Crippen molar-refractivity contribution >= 4 is 11.8 Å². The monoisotopic (exact) mass is 316 g/mol. The molecule has 0 aliphatic rings. The molecule has 2 amide bonds. The molecule has 1 heterocycles. The average molecular weight is 316 g/mol. The van der Waals surface area contributed by atoms with Crippen LogP contribution in [0.3, 0.4) is 0 Å². The molecule has 0 bridgehead atoms. The van der Waals surface area contributed by atoms with Gasteiger partial charge in [-0.25, -0.2) is 0 Å². The van der Waals surface area contributed by atoms with Crippen LogP contribution < -0.4 is 15.6 Å². The summed E-state index contributed by atoms with van der Waals surface area (Å²) in [5, 5.41) is 4.07. The second-order valence-corrected chi connectivity index (χ2v) is 5.33. The number of ether oxygens (including phenoxy) is 1. The Balaban J connectivity index is 1.82. The van der Waals surface area contributed by atoms with Crippen LogP contribution in [0.2, 0.25) is 0 Å². The van der Waals surface area contributed by atoms with Gasteiger partial charge in [0.1, 0.15) is 11.4 Å². The summed E-state index contributed by atoms with van der Waals surface area (Å²) in [6.07, 6.45) is 0. The SMILES string of the molecule is Cc1cc(C(=O)NNC(=O)COc2ccc(C)c(C)c2)n(C)n1. The molecule has 1 aromatic heterocycles. The summed E-state index contributed by atoms with van der Waals surface area (Å²) < 4.78 is 6.84. The van der Waals surface area contributed by atoms with Crippen LogP contribution in [0, 0.1) is 20.8 Å². The number of carbonyl (C=O) groups is 2. The Hall–Kier alpha value is -2.83. The maximum absolute atomic E-state index is 11.9. The number of hydrogen-bond acceptors (Lipinski definition) is 4. The molecule has 2 aromatic rings. The Labute approximate surface area is 134 Å². The van der Waals surface area contributed by atoms with Crippen molar-refractivity contribution in [3.05, 3.63) is 46.8 Å². The number of nitrogens with one attached hydrogen (secondary N) is 2. The number of rotatable bonds is 4. The molecule has 0 saturated heterocycles. The van der Waals surface area contributed by atoms with Crippen molar-refractivity contribution in [3.63, 3.8) is 0 Å². The van der Waals surface area contributed by atoms with E-state index >= 15 is 0 Å². The molecule has 0 radical (unpaired) electrons. The van der Waals surface area contributed by atoms with Crippen molar-refractivity contribution in [2.45, 2.75) is 20.8 Å². The molecule has 0 saturated carbocycles. The number of nitrogens with zero attached hydrogens (tertiary/aromatic N) is 2. The highest BCUT2D eigenvalue weighted by Crippen LogP contribution is 2.16. The van der Waals surface area contributed by atoms with Gasteiger partial charge >= 0.3 is 0 Å². The van der Waals surface area contributed by atoms with Crippen molar-refractivity contribution in [2.24, 2.45) is 7.05 Å². The smallest absolute Gasteiger partial charge is 0.287 e. The number of aromatic nitrogens is 2.